The summed E-state index contributed by atoms with van der Waals surface area (Å²) in [5.41, 5.74) is 2.71. The molecule has 6 nitrogen and oxygen atoms in total. The molecular weight excluding hydrogens is 334 g/mol. The summed E-state index contributed by atoms with van der Waals surface area (Å²) in [5.74, 6) is -1.03. The molecule has 0 radical (unpaired) electrons. The molecule has 26 heavy (non-hydrogen) atoms. The summed E-state index contributed by atoms with van der Waals surface area (Å²) in [4.78, 5) is 36.0. The molecule has 1 N–H and O–H groups in total. The average molecular weight is 355 g/mol. The number of methoxy groups -OCH3 is 1. The number of ketones is 1. The van der Waals surface area contributed by atoms with Crippen molar-refractivity contribution in [1.82, 2.24) is 5.32 Å². The SMILES string of the molecule is COc1ccccc1C(=O)NCC(=O)OCC(=O)c1ccc(C)cc1C. The van der Waals surface area contributed by atoms with Crippen molar-refractivity contribution in [2.75, 3.05) is 20.3 Å². The van der Waals surface area contributed by atoms with Gasteiger partial charge in [0.05, 0.1) is 12.7 Å². The Labute approximate surface area is 152 Å². The quantitative estimate of drug-likeness (QED) is 0.609. The Morgan fingerprint density at radius 1 is 1.00 bits per heavy atom. The second-order valence-electron chi connectivity index (χ2n) is 5.79. The summed E-state index contributed by atoms with van der Waals surface area (Å²) in [6, 6.07) is 12.1. The first-order chi connectivity index (χ1) is 12.4. The molecule has 0 aromatic heterocycles. The smallest absolute Gasteiger partial charge is 0.325 e. The molecule has 0 aliphatic carbocycles. The molecule has 0 spiro atoms. The number of carbonyl (C=O) groups excluding carboxylic acids is 3. The average Bonchev–Trinajstić information content (AvgIpc) is 2.64. The third-order valence-corrected chi connectivity index (χ3v) is 3.79. The summed E-state index contributed by atoms with van der Waals surface area (Å²) in [6.45, 7) is 3.06. The molecule has 0 heterocycles. The maximum absolute atomic E-state index is 12.1. The van der Waals surface area contributed by atoms with E-state index in [1.165, 1.54) is 7.11 Å². The van der Waals surface area contributed by atoms with E-state index in [1.807, 2.05) is 26.0 Å². The summed E-state index contributed by atoms with van der Waals surface area (Å²) < 4.78 is 10.1. The van der Waals surface area contributed by atoms with Crippen molar-refractivity contribution >= 4 is 17.7 Å². The fourth-order valence-corrected chi connectivity index (χ4v) is 2.48. The minimum absolute atomic E-state index is 0.285. The number of ether oxygens (including phenoxy) is 2. The molecule has 6 heteroatoms. The zero-order chi connectivity index (χ0) is 19.1. The summed E-state index contributed by atoms with van der Waals surface area (Å²) in [7, 11) is 1.46. The second-order valence-corrected chi connectivity index (χ2v) is 5.79. The third-order valence-electron chi connectivity index (χ3n) is 3.79. The van der Waals surface area contributed by atoms with Crippen LogP contribution in [0.25, 0.3) is 0 Å². The van der Waals surface area contributed by atoms with Gasteiger partial charge in [0.2, 0.25) is 5.78 Å². The van der Waals surface area contributed by atoms with Crippen LogP contribution in [-0.4, -0.2) is 37.9 Å². The van der Waals surface area contributed by atoms with E-state index >= 15 is 0 Å². The molecule has 0 aliphatic rings. The van der Waals surface area contributed by atoms with Crippen LogP contribution in [0.4, 0.5) is 0 Å². The number of aryl methyl sites for hydroxylation is 2. The normalized spacial score (nSPS) is 10.1. The lowest BCUT2D eigenvalue weighted by Gasteiger charge is -2.09. The van der Waals surface area contributed by atoms with E-state index in [2.05, 4.69) is 5.32 Å². The molecule has 2 aromatic carbocycles. The van der Waals surface area contributed by atoms with E-state index < -0.39 is 11.9 Å². The highest BCUT2D eigenvalue weighted by Crippen LogP contribution is 2.16. The Hall–Kier alpha value is -3.15. The number of hydrogen-bond donors (Lipinski definition) is 1. The number of Topliss-reactive ketones (excluding diaryl/α,β-unsaturated/α-hetero) is 1. The van der Waals surface area contributed by atoms with Crippen LogP contribution >= 0.6 is 0 Å². The maximum atomic E-state index is 12.1. The number of para-hydroxylation sites is 1. The van der Waals surface area contributed by atoms with Gasteiger partial charge in [-0.15, -0.1) is 0 Å². The van der Waals surface area contributed by atoms with Gasteiger partial charge in [-0.2, -0.15) is 0 Å². The van der Waals surface area contributed by atoms with Gasteiger partial charge in [-0.05, 0) is 31.5 Å². The van der Waals surface area contributed by atoms with Gasteiger partial charge < -0.3 is 14.8 Å². The van der Waals surface area contributed by atoms with E-state index in [9.17, 15) is 14.4 Å². The zero-order valence-electron chi connectivity index (χ0n) is 15.0. The van der Waals surface area contributed by atoms with Crippen LogP contribution in [0.3, 0.4) is 0 Å². The standard InChI is InChI=1S/C20H21NO5/c1-13-8-9-15(14(2)10-13)17(22)12-26-19(23)11-21-20(24)16-6-4-5-7-18(16)25-3/h4-10H,11-12H2,1-3H3,(H,21,24). The van der Waals surface area contributed by atoms with Crippen molar-refractivity contribution < 1.29 is 23.9 Å². The fraction of sp³-hybridized carbons (Fsp3) is 0.250. The van der Waals surface area contributed by atoms with Gasteiger partial charge in [0, 0.05) is 5.56 Å². The largest absolute Gasteiger partial charge is 0.496 e. The predicted octanol–water partition coefficient (Wildman–Crippen LogP) is 2.47. The Kier molecular flexibility index (Phi) is 6.49. The molecule has 1 amide bonds. The molecule has 0 bridgehead atoms. The van der Waals surface area contributed by atoms with Gasteiger partial charge in [0.1, 0.15) is 12.3 Å². The van der Waals surface area contributed by atoms with Gasteiger partial charge >= 0.3 is 5.97 Å². The van der Waals surface area contributed by atoms with Crippen molar-refractivity contribution in [3.63, 3.8) is 0 Å². The van der Waals surface area contributed by atoms with Crippen LogP contribution < -0.4 is 10.1 Å². The number of carbonyl (C=O) groups is 3. The van der Waals surface area contributed by atoms with Crippen LogP contribution in [0.2, 0.25) is 0 Å². The Morgan fingerprint density at radius 3 is 2.42 bits per heavy atom. The van der Waals surface area contributed by atoms with Crippen LogP contribution in [0, 0.1) is 13.8 Å². The molecule has 0 unspecified atom stereocenters. The first-order valence-corrected chi connectivity index (χ1v) is 8.09. The lowest BCUT2D eigenvalue weighted by atomic mass is 10.0. The van der Waals surface area contributed by atoms with Crippen molar-refractivity contribution in [1.29, 1.82) is 0 Å². The van der Waals surface area contributed by atoms with Crippen LogP contribution in [0.1, 0.15) is 31.8 Å². The lowest BCUT2D eigenvalue weighted by Crippen LogP contribution is -2.31. The molecule has 136 valence electrons. The monoisotopic (exact) mass is 355 g/mol. The Balaban J connectivity index is 1.85. The Bertz CT molecular complexity index is 829. The van der Waals surface area contributed by atoms with Gasteiger partial charge in [0.25, 0.3) is 5.91 Å². The Morgan fingerprint density at radius 2 is 1.73 bits per heavy atom. The number of amides is 1. The minimum atomic E-state index is -0.689. The predicted molar refractivity (Wildman–Crippen MR) is 96.5 cm³/mol. The fourth-order valence-electron chi connectivity index (χ4n) is 2.48. The lowest BCUT2D eigenvalue weighted by molar-refractivity contribution is -0.141. The maximum Gasteiger partial charge on any atom is 0.325 e. The van der Waals surface area contributed by atoms with Crippen LogP contribution in [-0.2, 0) is 9.53 Å². The molecule has 0 saturated carbocycles. The van der Waals surface area contributed by atoms with E-state index in [0.29, 0.717) is 16.9 Å². The van der Waals surface area contributed by atoms with Crippen molar-refractivity contribution in [2.24, 2.45) is 0 Å². The van der Waals surface area contributed by atoms with Gasteiger partial charge in [0.15, 0.2) is 6.61 Å². The summed E-state index contributed by atoms with van der Waals surface area (Å²) in [5, 5.41) is 2.45. The highest BCUT2D eigenvalue weighted by Gasteiger charge is 2.15. The number of benzene rings is 2. The number of nitrogens with one attached hydrogen (secondary N) is 1. The van der Waals surface area contributed by atoms with E-state index in [0.717, 1.165) is 11.1 Å². The number of rotatable bonds is 7. The summed E-state index contributed by atoms with van der Waals surface area (Å²) in [6.07, 6.45) is 0. The molecule has 0 saturated heterocycles. The summed E-state index contributed by atoms with van der Waals surface area (Å²) >= 11 is 0. The van der Waals surface area contributed by atoms with Gasteiger partial charge in [-0.1, -0.05) is 35.9 Å². The zero-order valence-corrected chi connectivity index (χ0v) is 15.0. The van der Waals surface area contributed by atoms with Crippen molar-refractivity contribution in [2.45, 2.75) is 13.8 Å². The first kappa shape index (κ1) is 19.2. The second kappa shape index (κ2) is 8.80. The molecule has 2 rings (SSSR count). The molecular formula is C20H21NO5. The molecule has 2 aromatic rings. The molecule has 0 atom stereocenters. The highest BCUT2D eigenvalue weighted by atomic mass is 16.5. The van der Waals surface area contributed by atoms with E-state index in [-0.39, 0.29) is 18.9 Å². The third kappa shape index (κ3) is 4.92. The van der Waals surface area contributed by atoms with Gasteiger partial charge in [-0.25, -0.2) is 0 Å². The first-order valence-electron chi connectivity index (χ1n) is 8.09. The van der Waals surface area contributed by atoms with Crippen molar-refractivity contribution in [3.05, 3.63) is 64.7 Å². The van der Waals surface area contributed by atoms with Crippen LogP contribution in [0.5, 0.6) is 5.75 Å². The van der Waals surface area contributed by atoms with E-state index in [4.69, 9.17) is 9.47 Å². The minimum Gasteiger partial charge on any atom is -0.496 e. The van der Waals surface area contributed by atoms with Crippen LogP contribution in [0.15, 0.2) is 42.5 Å². The number of esters is 1. The van der Waals surface area contributed by atoms with Gasteiger partial charge in [-0.3, -0.25) is 14.4 Å². The topological polar surface area (TPSA) is 81.7 Å². The molecule has 0 fully saturated rings. The van der Waals surface area contributed by atoms with E-state index in [1.54, 1.807) is 30.3 Å². The molecule has 0 aliphatic heterocycles. The van der Waals surface area contributed by atoms with Crippen molar-refractivity contribution in [3.8, 4) is 5.75 Å². The highest BCUT2D eigenvalue weighted by molar-refractivity contribution is 6.00. The number of hydrogen-bond acceptors (Lipinski definition) is 5.